The van der Waals surface area contributed by atoms with Crippen molar-refractivity contribution in [1.82, 2.24) is 5.32 Å². The lowest BCUT2D eigenvalue weighted by molar-refractivity contribution is -0.123. The maximum Gasteiger partial charge on any atom is 0.237 e. The first kappa shape index (κ1) is 13.5. The van der Waals surface area contributed by atoms with Crippen molar-refractivity contribution in [2.45, 2.75) is 51.7 Å². The van der Waals surface area contributed by atoms with Crippen molar-refractivity contribution in [2.75, 3.05) is 13.2 Å². The second-order valence-electron chi connectivity index (χ2n) is 4.84. The molecule has 1 fully saturated rings. The third-order valence-corrected chi connectivity index (χ3v) is 3.06. The highest BCUT2D eigenvalue weighted by atomic mass is 16.5. The van der Waals surface area contributed by atoms with Gasteiger partial charge in [0.15, 0.2) is 0 Å². The number of hydrogen-bond donors (Lipinski definition) is 2. The van der Waals surface area contributed by atoms with Crippen LogP contribution in [0.1, 0.15) is 39.5 Å². The van der Waals surface area contributed by atoms with Gasteiger partial charge in [0.1, 0.15) is 0 Å². The monoisotopic (exact) mass is 228 g/mol. The molecule has 1 unspecified atom stereocenters. The summed E-state index contributed by atoms with van der Waals surface area (Å²) in [5.74, 6) is 0.136. The Labute approximate surface area is 97.9 Å². The number of ether oxygens (including phenoxy) is 1. The van der Waals surface area contributed by atoms with Crippen LogP contribution in [0, 0.1) is 5.92 Å². The van der Waals surface area contributed by atoms with E-state index in [-0.39, 0.29) is 11.8 Å². The van der Waals surface area contributed by atoms with Crippen LogP contribution in [0.4, 0.5) is 0 Å². The van der Waals surface area contributed by atoms with Crippen molar-refractivity contribution in [3.63, 3.8) is 0 Å². The number of carbonyl (C=O) groups is 1. The molecule has 0 aliphatic carbocycles. The number of rotatable bonds is 5. The third kappa shape index (κ3) is 4.49. The van der Waals surface area contributed by atoms with Crippen LogP contribution >= 0.6 is 0 Å². The molecule has 0 bridgehead atoms. The fourth-order valence-corrected chi connectivity index (χ4v) is 1.81. The fourth-order valence-electron chi connectivity index (χ4n) is 1.81. The van der Waals surface area contributed by atoms with Gasteiger partial charge in [-0.3, -0.25) is 4.79 Å². The summed E-state index contributed by atoms with van der Waals surface area (Å²) < 4.78 is 5.59. The molecular formula is C12H24N2O2. The van der Waals surface area contributed by atoms with Crippen LogP contribution in [0.25, 0.3) is 0 Å². The lowest BCUT2D eigenvalue weighted by Gasteiger charge is -2.23. The molecule has 4 heteroatoms. The Bertz CT molecular complexity index is 213. The van der Waals surface area contributed by atoms with Gasteiger partial charge in [-0.05, 0) is 31.6 Å². The Morgan fingerprint density at radius 3 is 2.81 bits per heavy atom. The number of hydrogen-bond acceptors (Lipinski definition) is 3. The number of amides is 1. The standard InChI is InChI=1S/C12H24N2O2/c1-9(2)11(13)12(15)14-7-6-10-5-3-4-8-16-10/h9-11H,3-8,13H2,1-2H3,(H,14,15)/t10?,11-/m1/s1. The first-order chi connectivity index (χ1) is 7.61. The summed E-state index contributed by atoms with van der Waals surface area (Å²) >= 11 is 0. The molecular weight excluding hydrogens is 204 g/mol. The Kier molecular flexibility index (Phi) is 5.77. The minimum absolute atomic E-state index is 0.0502. The summed E-state index contributed by atoms with van der Waals surface area (Å²) in [4.78, 5) is 11.5. The molecule has 1 aliphatic heterocycles. The van der Waals surface area contributed by atoms with E-state index in [1.54, 1.807) is 0 Å². The van der Waals surface area contributed by atoms with Gasteiger partial charge in [0.25, 0.3) is 0 Å². The van der Waals surface area contributed by atoms with E-state index in [0.29, 0.717) is 12.6 Å². The molecule has 16 heavy (non-hydrogen) atoms. The summed E-state index contributed by atoms with van der Waals surface area (Å²) in [5, 5.41) is 2.87. The molecule has 0 aromatic carbocycles. The summed E-state index contributed by atoms with van der Waals surface area (Å²) in [6, 6.07) is -0.396. The zero-order valence-corrected chi connectivity index (χ0v) is 10.4. The fraction of sp³-hybridized carbons (Fsp3) is 0.917. The van der Waals surface area contributed by atoms with Crippen LogP contribution in [0.15, 0.2) is 0 Å². The first-order valence-electron chi connectivity index (χ1n) is 6.26. The average molecular weight is 228 g/mol. The van der Waals surface area contributed by atoms with E-state index in [1.807, 2.05) is 13.8 Å². The van der Waals surface area contributed by atoms with Crippen molar-refractivity contribution < 1.29 is 9.53 Å². The van der Waals surface area contributed by atoms with E-state index >= 15 is 0 Å². The maximum absolute atomic E-state index is 11.5. The number of nitrogens with one attached hydrogen (secondary N) is 1. The molecule has 1 saturated heterocycles. The zero-order valence-electron chi connectivity index (χ0n) is 10.4. The van der Waals surface area contributed by atoms with Crippen LogP contribution in [0.5, 0.6) is 0 Å². The Balaban J connectivity index is 2.12. The van der Waals surface area contributed by atoms with E-state index in [4.69, 9.17) is 10.5 Å². The lowest BCUT2D eigenvalue weighted by atomic mass is 10.0. The minimum atomic E-state index is -0.396. The van der Waals surface area contributed by atoms with Gasteiger partial charge in [-0.25, -0.2) is 0 Å². The first-order valence-corrected chi connectivity index (χ1v) is 6.26. The van der Waals surface area contributed by atoms with Crippen molar-refractivity contribution in [3.8, 4) is 0 Å². The normalized spacial score (nSPS) is 23.1. The van der Waals surface area contributed by atoms with Gasteiger partial charge in [0, 0.05) is 13.2 Å². The van der Waals surface area contributed by atoms with Gasteiger partial charge < -0.3 is 15.8 Å². The number of nitrogens with two attached hydrogens (primary N) is 1. The minimum Gasteiger partial charge on any atom is -0.378 e. The summed E-state index contributed by atoms with van der Waals surface area (Å²) in [6.45, 7) is 5.44. The molecule has 1 heterocycles. The third-order valence-electron chi connectivity index (χ3n) is 3.06. The summed E-state index contributed by atoms with van der Waals surface area (Å²) in [5.41, 5.74) is 5.74. The second kappa shape index (κ2) is 6.86. The molecule has 0 radical (unpaired) electrons. The summed E-state index contributed by atoms with van der Waals surface area (Å²) in [6.07, 6.45) is 4.75. The maximum atomic E-state index is 11.5. The van der Waals surface area contributed by atoms with Gasteiger partial charge in [-0.15, -0.1) is 0 Å². The van der Waals surface area contributed by atoms with Gasteiger partial charge >= 0.3 is 0 Å². The predicted molar refractivity (Wildman–Crippen MR) is 64.0 cm³/mol. The Hall–Kier alpha value is -0.610. The van der Waals surface area contributed by atoms with Crippen molar-refractivity contribution in [2.24, 2.45) is 11.7 Å². The van der Waals surface area contributed by atoms with Gasteiger partial charge in [-0.1, -0.05) is 13.8 Å². The molecule has 1 aliphatic rings. The molecule has 1 amide bonds. The van der Waals surface area contributed by atoms with Crippen molar-refractivity contribution in [1.29, 1.82) is 0 Å². The second-order valence-corrected chi connectivity index (χ2v) is 4.84. The smallest absolute Gasteiger partial charge is 0.237 e. The summed E-state index contributed by atoms with van der Waals surface area (Å²) in [7, 11) is 0. The molecule has 0 spiro atoms. The molecule has 94 valence electrons. The van der Waals surface area contributed by atoms with E-state index < -0.39 is 6.04 Å². The van der Waals surface area contributed by atoms with Crippen LogP contribution in [0.2, 0.25) is 0 Å². The van der Waals surface area contributed by atoms with Gasteiger partial charge in [0.05, 0.1) is 12.1 Å². The van der Waals surface area contributed by atoms with Crippen LogP contribution < -0.4 is 11.1 Å². The molecule has 0 saturated carbocycles. The molecule has 1 rings (SSSR count). The highest BCUT2D eigenvalue weighted by Crippen LogP contribution is 2.14. The largest absolute Gasteiger partial charge is 0.378 e. The zero-order chi connectivity index (χ0) is 12.0. The molecule has 4 nitrogen and oxygen atoms in total. The van der Waals surface area contributed by atoms with Crippen molar-refractivity contribution in [3.05, 3.63) is 0 Å². The van der Waals surface area contributed by atoms with Crippen LogP contribution in [-0.4, -0.2) is 31.2 Å². The van der Waals surface area contributed by atoms with Crippen LogP contribution in [-0.2, 0) is 9.53 Å². The highest BCUT2D eigenvalue weighted by Gasteiger charge is 2.18. The Morgan fingerprint density at radius 2 is 2.25 bits per heavy atom. The number of carbonyl (C=O) groups excluding carboxylic acids is 1. The average Bonchev–Trinajstić information content (AvgIpc) is 2.29. The van der Waals surface area contributed by atoms with Crippen LogP contribution in [0.3, 0.4) is 0 Å². The van der Waals surface area contributed by atoms with Crippen molar-refractivity contribution >= 4 is 5.91 Å². The Morgan fingerprint density at radius 1 is 1.50 bits per heavy atom. The lowest BCUT2D eigenvalue weighted by Crippen LogP contribution is -2.44. The highest BCUT2D eigenvalue weighted by molar-refractivity contribution is 5.81. The predicted octanol–water partition coefficient (Wildman–Crippen LogP) is 1.05. The molecule has 2 atom stereocenters. The van der Waals surface area contributed by atoms with E-state index in [9.17, 15) is 4.79 Å². The van der Waals surface area contributed by atoms with Gasteiger partial charge in [-0.2, -0.15) is 0 Å². The topological polar surface area (TPSA) is 64.4 Å². The van der Waals surface area contributed by atoms with E-state index in [0.717, 1.165) is 19.4 Å². The van der Waals surface area contributed by atoms with Gasteiger partial charge in [0.2, 0.25) is 5.91 Å². The SMILES string of the molecule is CC(C)[C@@H](N)C(=O)NCCC1CCCCO1. The molecule has 3 N–H and O–H groups in total. The van der Waals surface area contributed by atoms with E-state index in [1.165, 1.54) is 12.8 Å². The quantitative estimate of drug-likeness (QED) is 0.739. The van der Waals surface area contributed by atoms with E-state index in [2.05, 4.69) is 5.32 Å². The molecule has 0 aromatic rings. The molecule has 0 aromatic heterocycles.